The summed E-state index contributed by atoms with van der Waals surface area (Å²) in [4.78, 5) is 33.3. The molecule has 0 fully saturated rings. The summed E-state index contributed by atoms with van der Waals surface area (Å²) in [6, 6.07) is 16.1. The van der Waals surface area contributed by atoms with Gasteiger partial charge in [0.25, 0.3) is 0 Å². The van der Waals surface area contributed by atoms with E-state index in [9.17, 15) is 9.59 Å². The monoisotopic (exact) mass is 563 g/mol. The molecule has 3 aromatic rings. The number of hydrogen-bond donors (Lipinski definition) is 0. The van der Waals surface area contributed by atoms with Crippen LogP contribution >= 0.6 is 11.6 Å². The van der Waals surface area contributed by atoms with E-state index in [1.807, 2.05) is 59.6 Å². The van der Waals surface area contributed by atoms with Gasteiger partial charge >= 0.3 is 0 Å². The zero-order valence-electron chi connectivity index (χ0n) is 24.3. The van der Waals surface area contributed by atoms with Gasteiger partial charge in [-0.05, 0) is 61.9 Å². The highest BCUT2D eigenvalue weighted by molar-refractivity contribution is 6.31. The SMILES string of the molecule is CCCC(=O)N1CCCN(Cc2ccccc2)CCN(C(=O)CCc2c(C)nn(C)c2C)Cc2ccc(Cl)cc21. The van der Waals surface area contributed by atoms with Crippen LogP contribution in [0, 0.1) is 13.8 Å². The first-order valence-corrected chi connectivity index (χ1v) is 14.8. The average molecular weight is 564 g/mol. The van der Waals surface area contributed by atoms with Gasteiger partial charge in [0.1, 0.15) is 0 Å². The fourth-order valence-electron chi connectivity index (χ4n) is 5.54. The van der Waals surface area contributed by atoms with Gasteiger partial charge in [-0.1, -0.05) is 54.9 Å². The lowest BCUT2D eigenvalue weighted by Crippen LogP contribution is -2.38. The molecular formula is C32H42ClN5O2. The lowest BCUT2D eigenvalue weighted by molar-refractivity contribution is -0.132. The van der Waals surface area contributed by atoms with Gasteiger partial charge < -0.3 is 9.80 Å². The van der Waals surface area contributed by atoms with Gasteiger partial charge in [0.2, 0.25) is 11.8 Å². The number of fused-ring (bicyclic) bond motifs is 1. The molecule has 2 amide bonds. The summed E-state index contributed by atoms with van der Waals surface area (Å²) in [5, 5.41) is 5.12. The Balaban J connectivity index is 1.63. The Labute approximate surface area is 243 Å². The smallest absolute Gasteiger partial charge is 0.226 e. The number of benzene rings is 2. The van der Waals surface area contributed by atoms with E-state index in [2.05, 4.69) is 41.2 Å². The minimum Gasteiger partial charge on any atom is -0.337 e. The minimum atomic E-state index is 0.0975. The third-order valence-corrected chi connectivity index (χ3v) is 8.09. The number of halogens is 1. The lowest BCUT2D eigenvalue weighted by Gasteiger charge is -2.28. The second-order valence-corrected chi connectivity index (χ2v) is 11.2. The van der Waals surface area contributed by atoms with Gasteiger partial charge in [0.15, 0.2) is 0 Å². The molecular weight excluding hydrogens is 522 g/mol. The van der Waals surface area contributed by atoms with E-state index in [0.717, 1.165) is 60.7 Å². The molecule has 0 spiro atoms. The molecule has 0 saturated heterocycles. The number of aryl methyl sites for hydroxylation is 2. The highest BCUT2D eigenvalue weighted by atomic mass is 35.5. The Bertz CT molecular complexity index is 1310. The molecule has 1 aliphatic heterocycles. The maximum atomic E-state index is 13.8. The van der Waals surface area contributed by atoms with E-state index >= 15 is 0 Å². The summed E-state index contributed by atoms with van der Waals surface area (Å²) in [6.45, 7) is 10.1. The summed E-state index contributed by atoms with van der Waals surface area (Å²) in [6.07, 6.45) is 3.16. The van der Waals surface area contributed by atoms with E-state index in [1.165, 1.54) is 5.56 Å². The van der Waals surface area contributed by atoms with Crippen molar-refractivity contribution < 1.29 is 9.59 Å². The van der Waals surface area contributed by atoms with Gasteiger partial charge in [-0.3, -0.25) is 19.2 Å². The van der Waals surface area contributed by atoms with Crippen LogP contribution in [0.1, 0.15) is 60.7 Å². The van der Waals surface area contributed by atoms with Crippen LogP contribution in [0.15, 0.2) is 48.5 Å². The molecule has 0 atom stereocenters. The molecule has 8 heteroatoms. The Morgan fingerprint density at radius 2 is 1.73 bits per heavy atom. The zero-order chi connectivity index (χ0) is 28.6. The Hall–Kier alpha value is -3.16. The van der Waals surface area contributed by atoms with E-state index in [-0.39, 0.29) is 11.8 Å². The van der Waals surface area contributed by atoms with Crippen molar-refractivity contribution in [2.24, 2.45) is 7.05 Å². The van der Waals surface area contributed by atoms with E-state index < -0.39 is 0 Å². The van der Waals surface area contributed by atoms with Crippen molar-refractivity contribution in [1.82, 2.24) is 19.6 Å². The second kappa shape index (κ2) is 14.0. The summed E-state index contributed by atoms with van der Waals surface area (Å²) >= 11 is 6.45. The number of carbonyl (C=O) groups excluding carboxylic acids is 2. The molecule has 0 unspecified atom stereocenters. The summed E-state index contributed by atoms with van der Waals surface area (Å²) in [5.74, 6) is 0.203. The van der Waals surface area contributed by atoms with Gasteiger partial charge in [-0.25, -0.2) is 0 Å². The van der Waals surface area contributed by atoms with Gasteiger partial charge in [0, 0.05) is 69.9 Å². The molecule has 0 saturated carbocycles. The van der Waals surface area contributed by atoms with Crippen LogP contribution in [0.4, 0.5) is 5.69 Å². The molecule has 2 aromatic carbocycles. The number of anilines is 1. The molecule has 214 valence electrons. The van der Waals surface area contributed by atoms with Crippen LogP contribution < -0.4 is 4.90 Å². The molecule has 4 rings (SSSR count). The maximum absolute atomic E-state index is 13.8. The van der Waals surface area contributed by atoms with Crippen molar-refractivity contribution >= 4 is 29.1 Å². The quantitative estimate of drug-likeness (QED) is 0.370. The largest absolute Gasteiger partial charge is 0.337 e. The molecule has 0 aliphatic carbocycles. The molecule has 2 heterocycles. The number of amides is 2. The highest BCUT2D eigenvalue weighted by Gasteiger charge is 2.24. The van der Waals surface area contributed by atoms with E-state index in [1.54, 1.807) is 0 Å². The van der Waals surface area contributed by atoms with Crippen molar-refractivity contribution in [3.63, 3.8) is 0 Å². The second-order valence-electron chi connectivity index (χ2n) is 10.8. The van der Waals surface area contributed by atoms with E-state index in [4.69, 9.17) is 11.6 Å². The molecule has 1 aromatic heterocycles. The topological polar surface area (TPSA) is 61.7 Å². The average Bonchev–Trinajstić information content (AvgIpc) is 3.16. The predicted octanol–water partition coefficient (Wildman–Crippen LogP) is 5.69. The number of nitrogens with zero attached hydrogens (tertiary/aromatic N) is 5. The summed E-state index contributed by atoms with van der Waals surface area (Å²) in [5.41, 5.74) is 6.23. The van der Waals surface area contributed by atoms with Crippen LogP contribution in [0.2, 0.25) is 5.02 Å². The maximum Gasteiger partial charge on any atom is 0.226 e. The summed E-state index contributed by atoms with van der Waals surface area (Å²) < 4.78 is 1.88. The van der Waals surface area contributed by atoms with Crippen LogP contribution in [0.3, 0.4) is 0 Å². The van der Waals surface area contributed by atoms with E-state index in [0.29, 0.717) is 43.9 Å². The normalized spacial score (nSPS) is 15.0. The fourth-order valence-corrected chi connectivity index (χ4v) is 5.71. The highest BCUT2D eigenvalue weighted by Crippen LogP contribution is 2.28. The Morgan fingerprint density at radius 3 is 2.42 bits per heavy atom. The molecule has 7 nitrogen and oxygen atoms in total. The minimum absolute atomic E-state index is 0.0975. The predicted molar refractivity (Wildman–Crippen MR) is 161 cm³/mol. The van der Waals surface area contributed by atoms with Crippen molar-refractivity contribution in [2.75, 3.05) is 31.1 Å². The standard InChI is InChI=1S/C32H42ClN5O2/c1-5-10-32(40)38-18-9-17-36(22-26-11-7-6-8-12-26)19-20-37(23-27-13-14-28(33)21-30(27)38)31(39)16-15-29-24(2)34-35(4)25(29)3/h6-8,11-14,21H,5,9-10,15-20,22-23H2,1-4H3. The molecule has 40 heavy (non-hydrogen) atoms. The molecule has 1 aliphatic rings. The van der Waals surface area contributed by atoms with Crippen LogP contribution in [-0.4, -0.2) is 57.6 Å². The first-order valence-electron chi connectivity index (χ1n) is 14.4. The Morgan fingerprint density at radius 1 is 0.950 bits per heavy atom. The van der Waals surface area contributed by atoms with Gasteiger partial charge in [-0.2, -0.15) is 5.10 Å². The summed E-state index contributed by atoms with van der Waals surface area (Å²) in [7, 11) is 1.94. The first-order chi connectivity index (χ1) is 19.3. The van der Waals surface area contributed by atoms with Crippen LogP contribution in [0.5, 0.6) is 0 Å². The van der Waals surface area contributed by atoms with Gasteiger partial charge in [-0.15, -0.1) is 0 Å². The number of carbonyl (C=O) groups is 2. The van der Waals surface area contributed by atoms with Gasteiger partial charge in [0.05, 0.1) is 11.4 Å². The zero-order valence-corrected chi connectivity index (χ0v) is 25.1. The van der Waals surface area contributed by atoms with Crippen LogP contribution in [-0.2, 0) is 36.1 Å². The molecule has 0 N–H and O–H groups in total. The van der Waals surface area contributed by atoms with Crippen molar-refractivity contribution in [1.29, 1.82) is 0 Å². The Kier molecular flexibility index (Phi) is 10.4. The third kappa shape index (κ3) is 7.52. The van der Waals surface area contributed by atoms with Crippen molar-refractivity contribution in [3.8, 4) is 0 Å². The first kappa shape index (κ1) is 29.8. The number of rotatable bonds is 7. The van der Waals surface area contributed by atoms with Crippen molar-refractivity contribution in [2.45, 2.75) is 66.0 Å². The van der Waals surface area contributed by atoms with Crippen molar-refractivity contribution in [3.05, 3.63) is 81.6 Å². The number of aromatic nitrogens is 2. The van der Waals surface area contributed by atoms with Crippen LogP contribution in [0.25, 0.3) is 0 Å². The lowest BCUT2D eigenvalue weighted by atomic mass is 10.1. The molecule has 0 bridgehead atoms. The fraction of sp³-hybridized carbons (Fsp3) is 0.469. The third-order valence-electron chi connectivity index (χ3n) is 7.86. The number of hydrogen-bond acceptors (Lipinski definition) is 4. The molecule has 0 radical (unpaired) electrons.